The number of carbonyl (C=O) groups excluding carboxylic acids is 1. The van der Waals surface area contributed by atoms with Gasteiger partial charge in [-0.1, -0.05) is 30.3 Å². The number of carbonyl (C=O) groups is 1. The Labute approximate surface area is 182 Å². The van der Waals surface area contributed by atoms with Gasteiger partial charge in [0.25, 0.3) is 0 Å². The lowest BCUT2D eigenvalue weighted by Gasteiger charge is -2.42. The first-order chi connectivity index (χ1) is 14.7. The largest absolute Gasteiger partial charge is 0.383 e. The molecule has 0 spiro atoms. The second-order valence-electron chi connectivity index (χ2n) is 9.67. The Balaban J connectivity index is 1.20. The number of ether oxygens (including phenoxy) is 1. The Hall–Kier alpha value is -1.59. The van der Waals surface area contributed by atoms with Crippen molar-refractivity contribution in [1.82, 2.24) is 15.1 Å². The summed E-state index contributed by atoms with van der Waals surface area (Å²) in [5.74, 6) is 1.31. The fourth-order valence-electron chi connectivity index (χ4n) is 6.07. The number of urea groups is 1. The van der Waals surface area contributed by atoms with Crippen LogP contribution in [0.3, 0.4) is 0 Å². The van der Waals surface area contributed by atoms with E-state index in [-0.39, 0.29) is 6.03 Å². The molecule has 1 saturated carbocycles. The number of rotatable bonds is 7. The lowest BCUT2D eigenvalue weighted by Crippen LogP contribution is -2.53. The maximum absolute atomic E-state index is 12.8. The van der Waals surface area contributed by atoms with Gasteiger partial charge in [-0.15, -0.1) is 0 Å². The molecule has 1 aliphatic carbocycles. The average Bonchev–Trinajstić information content (AvgIpc) is 3.02. The smallest absolute Gasteiger partial charge is 0.317 e. The zero-order valence-electron chi connectivity index (χ0n) is 18.8. The van der Waals surface area contributed by atoms with Crippen LogP contribution in [-0.4, -0.2) is 67.8 Å². The van der Waals surface area contributed by atoms with Crippen LogP contribution in [-0.2, 0) is 4.74 Å². The van der Waals surface area contributed by atoms with E-state index in [2.05, 4.69) is 40.5 Å². The molecule has 2 saturated heterocycles. The van der Waals surface area contributed by atoms with Crippen LogP contribution in [0, 0.1) is 5.92 Å². The number of amides is 2. The van der Waals surface area contributed by atoms with Crippen LogP contribution < -0.4 is 5.32 Å². The Kier molecular flexibility index (Phi) is 7.32. The molecule has 3 aliphatic rings. The van der Waals surface area contributed by atoms with Crippen LogP contribution in [0.2, 0.25) is 0 Å². The molecule has 2 heterocycles. The van der Waals surface area contributed by atoms with Gasteiger partial charge in [-0.2, -0.15) is 0 Å². The zero-order valence-corrected chi connectivity index (χ0v) is 18.8. The second-order valence-corrected chi connectivity index (χ2v) is 9.67. The van der Waals surface area contributed by atoms with Gasteiger partial charge in [0.1, 0.15) is 0 Å². The quantitative estimate of drug-likeness (QED) is 0.727. The van der Waals surface area contributed by atoms with E-state index in [4.69, 9.17) is 4.74 Å². The molecule has 1 aromatic rings. The standard InChI is InChI=1S/C25H39N3O2/c1-27(24-16-22-12-13-23(17-24)28(22)14-15-30-2)25(29)26-18-19-8-10-21(11-9-19)20-6-4-3-5-7-20/h3-7,19,21-24H,8-18H2,1-2H3,(H,26,29). The molecule has 2 bridgehead atoms. The van der Waals surface area contributed by atoms with E-state index in [0.29, 0.717) is 30.0 Å². The molecular formula is C25H39N3O2. The summed E-state index contributed by atoms with van der Waals surface area (Å²) in [6.45, 7) is 2.66. The third kappa shape index (κ3) is 5.00. The fourth-order valence-corrected chi connectivity index (χ4v) is 6.07. The van der Waals surface area contributed by atoms with E-state index in [1.54, 1.807) is 7.11 Å². The van der Waals surface area contributed by atoms with Crippen LogP contribution in [0.25, 0.3) is 0 Å². The first-order valence-electron chi connectivity index (χ1n) is 12.0. The summed E-state index contributed by atoms with van der Waals surface area (Å²) in [5.41, 5.74) is 1.48. The van der Waals surface area contributed by atoms with Gasteiger partial charge in [0.2, 0.25) is 0 Å². The lowest BCUT2D eigenvalue weighted by molar-refractivity contribution is 0.0571. The average molecular weight is 414 g/mol. The van der Waals surface area contributed by atoms with E-state index in [0.717, 1.165) is 32.5 Å². The molecule has 3 fully saturated rings. The van der Waals surface area contributed by atoms with Crippen molar-refractivity contribution in [2.45, 2.75) is 75.4 Å². The highest BCUT2D eigenvalue weighted by molar-refractivity contribution is 5.74. The monoisotopic (exact) mass is 413 g/mol. The molecule has 2 atom stereocenters. The molecule has 1 N–H and O–H groups in total. The van der Waals surface area contributed by atoms with E-state index < -0.39 is 0 Å². The minimum atomic E-state index is 0.120. The highest BCUT2D eigenvalue weighted by atomic mass is 16.5. The summed E-state index contributed by atoms with van der Waals surface area (Å²) in [6.07, 6.45) is 9.65. The van der Waals surface area contributed by atoms with Gasteiger partial charge in [-0.25, -0.2) is 4.79 Å². The number of nitrogens with zero attached hydrogens (tertiary/aromatic N) is 2. The summed E-state index contributed by atoms with van der Waals surface area (Å²) in [6, 6.07) is 12.6. The number of hydrogen-bond donors (Lipinski definition) is 1. The first kappa shape index (κ1) is 21.6. The van der Waals surface area contributed by atoms with Crippen molar-refractivity contribution in [3.8, 4) is 0 Å². The molecule has 4 rings (SSSR count). The predicted molar refractivity (Wildman–Crippen MR) is 121 cm³/mol. The summed E-state index contributed by atoms with van der Waals surface area (Å²) < 4.78 is 5.29. The molecule has 0 aromatic heterocycles. The van der Waals surface area contributed by atoms with Crippen LogP contribution in [0.1, 0.15) is 62.8 Å². The molecule has 5 heteroatoms. The first-order valence-corrected chi connectivity index (χ1v) is 12.0. The van der Waals surface area contributed by atoms with Crippen LogP contribution in [0.15, 0.2) is 30.3 Å². The van der Waals surface area contributed by atoms with Gasteiger partial charge in [0.05, 0.1) is 6.61 Å². The Morgan fingerprint density at radius 3 is 2.37 bits per heavy atom. The van der Waals surface area contributed by atoms with Crippen molar-refractivity contribution in [3.63, 3.8) is 0 Å². The van der Waals surface area contributed by atoms with Gasteiger partial charge < -0.3 is 15.0 Å². The van der Waals surface area contributed by atoms with Crippen molar-refractivity contribution < 1.29 is 9.53 Å². The lowest BCUT2D eigenvalue weighted by atomic mass is 9.79. The third-order valence-electron chi connectivity index (χ3n) is 7.94. The third-order valence-corrected chi connectivity index (χ3v) is 7.94. The maximum Gasteiger partial charge on any atom is 0.317 e. The predicted octanol–water partition coefficient (Wildman–Crippen LogP) is 4.24. The Bertz CT molecular complexity index is 660. The number of methoxy groups -OCH3 is 1. The zero-order chi connectivity index (χ0) is 20.9. The van der Waals surface area contributed by atoms with Gasteiger partial charge in [-0.3, -0.25) is 4.90 Å². The van der Waals surface area contributed by atoms with E-state index in [9.17, 15) is 4.79 Å². The highest BCUT2D eigenvalue weighted by Gasteiger charge is 2.42. The fraction of sp³-hybridized carbons (Fsp3) is 0.720. The minimum Gasteiger partial charge on any atom is -0.383 e. The van der Waals surface area contributed by atoms with E-state index in [1.165, 1.54) is 44.1 Å². The van der Waals surface area contributed by atoms with Crippen molar-refractivity contribution in [2.75, 3.05) is 33.9 Å². The Morgan fingerprint density at radius 2 is 1.73 bits per heavy atom. The number of nitrogens with one attached hydrogen (secondary N) is 1. The molecular weight excluding hydrogens is 374 g/mol. The molecule has 1 aromatic carbocycles. The Morgan fingerprint density at radius 1 is 1.07 bits per heavy atom. The molecule has 0 radical (unpaired) electrons. The van der Waals surface area contributed by atoms with Crippen molar-refractivity contribution in [2.24, 2.45) is 5.92 Å². The number of piperidine rings is 1. The number of hydrogen-bond acceptors (Lipinski definition) is 3. The van der Waals surface area contributed by atoms with E-state index >= 15 is 0 Å². The summed E-state index contributed by atoms with van der Waals surface area (Å²) in [5, 5.41) is 3.25. The second kappa shape index (κ2) is 10.1. The maximum atomic E-state index is 12.8. The minimum absolute atomic E-state index is 0.120. The summed E-state index contributed by atoms with van der Waals surface area (Å²) in [4.78, 5) is 17.5. The van der Waals surface area contributed by atoms with Gasteiger partial charge >= 0.3 is 6.03 Å². The molecule has 166 valence electrons. The number of fused-ring (bicyclic) bond motifs is 2. The SMILES string of the molecule is COCCN1C2CCC1CC(N(C)C(=O)NCC1CCC(c3ccccc3)CC1)C2. The molecule has 2 aliphatic heterocycles. The van der Waals surface area contributed by atoms with Gasteiger partial charge in [0, 0.05) is 45.4 Å². The molecule has 2 amide bonds. The van der Waals surface area contributed by atoms with Gasteiger partial charge in [-0.05, 0) is 68.8 Å². The topological polar surface area (TPSA) is 44.8 Å². The van der Waals surface area contributed by atoms with Crippen molar-refractivity contribution in [3.05, 3.63) is 35.9 Å². The molecule has 2 unspecified atom stereocenters. The highest BCUT2D eigenvalue weighted by Crippen LogP contribution is 2.37. The normalized spacial score (nSPS) is 31.5. The van der Waals surface area contributed by atoms with Gasteiger partial charge in [0.15, 0.2) is 0 Å². The molecule has 5 nitrogen and oxygen atoms in total. The summed E-state index contributed by atoms with van der Waals surface area (Å²) in [7, 11) is 3.78. The van der Waals surface area contributed by atoms with Crippen LogP contribution in [0.4, 0.5) is 4.79 Å². The van der Waals surface area contributed by atoms with Crippen molar-refractivity contribution in [1.29, 1.82) is 0 Å². The molecule has 30 heavy (non-hydrogen) atoms. The summed E-state index contributed by atoms with van der Waals surface area (Å²) >= 11 is 0. The van der Waals surface area contributed by atoms with Crippen molar-refractivity contribution >= 4 is 6.03 Å². The van der Waals surface area contributed by atoms with Crippen LogP contribution in [0.5, 0.6) is 0 Å². The van der Waals surface area contributed by atoms with Crippen LogP contribution >= 0.6 is 0 Å². The number of benzene rings is 1. The van der Waals surface area contributed by atoms with E-state index in [1.807, 2.05) is 11.9 Å².